The third kappa shape index (κ3) is 2.41. The van der Waals surface area contributed by atoms with Gasteiger partial charge in [0.2, 0.25) is 0 Å². The third-order valence-corrected chi connectivity index (χ3v) is 1.75. The second-order valence-corrected chi connectivity index (χ2v) is 2.72. The van der Waals surface area contributed by atoms with E-state index in [1.165, 1.54) is 0 Å². The van der Waals surface area contributed by atoms with E-state index < -0.39 is 6.10 Å². The fraction of sp³-hybridized carbons (Fsp3) is 1.00. The molecular weight excluding hydrogens is 146 g/mol. The Morgan fingerprint density at radius 2 is 2.36 bits per heavy atom. The molecule has 0 aliphatic carbocycles. The summed E-state index contributed by atoms with van der Waals surface area (Å²) in [5, 5.41) is 9.31. The van der Waals surface area contributed by atoms with E-state index in [1.54, 1.807) is 0 Å². The summed E-state index contributed by atoms with van der Waals surface area (Å²) in [5.74, 6) is 0. The molecule has 1 rings (SSSR count). The smallest absolute Gasteiger partial charge is 0.155 e. The summed E-state index contributed by atoms with van der Waals surface area (Å²) in [6.45, 7) is 2.70. The van der Waals surface area contributed by atoms with Gasteiger partial charge in [0.25, 0.3) is 0 Å². The van der Waals surface area contributed by atoms with Gasteiger partial charge in [-0.05, 0) is 19.9 Å². The lowest BCUT2D eigenvalue weighted by atomic mass is 10.1. The van der Waals surface area contributed by atoms with Gasteiger partial charge in [0.05, 0.1) is 12.7 Å². The summed E-state index contributed by atoms with van der Waals surface area (Å²) in [6, 6.07) is 0. The van der Waals surface area contributed by atoms with Crippen LogP contribution in [0, 0.1) is 0 Å². The molecule has 0 bridgehead atoms. The Bertz CT molecular complexity index is 120. The number of hydrogen-bond donors (Lipinski definition) is 2. The Labute approximate surface area is 66.3 Å². The number of ether oxygens (including phenoxy) is 2. The monoisotopic (exact) mass is 161 g/mol. The van der Waals surface area contributed by atoms with Crippen LogP contribution >= 0.6 is 0 Å². The van der Waals surface area contributed by atoms with Crippen LogP contribution in [0.25, 0.3) is 0 Å². The summed E-state index contributed by atoms with van der Waals surface area (Å²) in [4.78, 5) is 0. The van der Waals surface area contributed by atoms with E-state index in [2.05, 4.69) is 0 Å². The Morgan fingerprint density at radius 1 is 1.64 bits per heavy atom. The normalized spacial score (nSPS) is 39.0. The zero-order valence-electron chi connectivity index (χ0n) is 6.69. The van der Waals surface area contributed by atoms with Crippen molar-refractivity contribution in [2.45, 2.75) is 31.8 Å². The summed E-state index contributed by atoms with van der Waals surface area (Å²) < 4.78 is 10.3. The Morgan fingerprint density at radius 3 is 3.00 bits per heavy atom. The predicted molar refractivity (Wildman–Crippen MR) is 40.0 cm³/mol. The van der Waals surface area contributed by atoms with Crippen LogP contribution in [0.2, 0.25) is 0 Å². The van der Waals surface area contributed by atoms with Gasteiger partial charge in [0, 0.05) is 0 Å². The van der Waals surface area contributed by atoms with Crippen molar-refractivity contribution in [3.05, 3.63) is 0 Å². The van der Waals surface area contributed by atoms with Crippen molar-refractivity contribution in [1.82, 2.24) is 0 Å². The highest BCUT2D eigenvalue weighted by molar-refractivity contribution is 4.72. The second kappa shape index (κ2) is 4.01. The maximum Gasteiger partial charge on any atom is 0.155 e. The molecule has 0 aromatic heterocycles. The van der Waals surface area contributed by atoms with Crippen LogP contribution in [0.3, 0.4) is 0 Å². The van der Waals surface area contributed by atoms with Gasteiger partial charge >= 0.3 is 0 Å². The van der Waals surface area contributed by atoms with Crippen molar-refractivity contribution in [2.75, 3.05) is 13.2 Å². The van der Waals surface area contributed by atoms with Crippen molar-refractivity contribution < 1.29 is 14.6 Å². The van der Waals surface area contributed by atoms with Crippen LogP contribution in [0.1, 0.15) is 13.3 Å². The average molecular weight is 161 g/mol. The van der Waals surface area contributed by atoms with Gasteiger partial charge in [-0.1, -0.05) is 0 Å². The van der Waals surface area contributed by atoms with E-state index in [4.69, 9.17) is 15.2 Å². The lowest BCUT2D eigenvalue weighted by molar-refractivity contribution is -0.244. The number of hydrogen-bond acceptors (Lipinski definition) is 4. The summed E-state index contributed by atoms with van der Waals surface area (Å²) in [7, 11) is 0. The highest BCUT2D eigenvalue weighted by Crippen LogP contribution is 2.14. The largest absolute Gasteiger partial charge is 0.388 e. The minimum absolute atomic E-state index is 0.149. The first-order valence-electron chi connectivity index (χ1n) is 3.89. The fourth-order valence-electron chi connectivity index (χ4n) is 1.14. The fourth-order valence-corrected chi connectivity index (χ4v) is 1.14. The van der Waals surface area contributed by atoms with Crippen LogP contribution < -0.4 is 5.73 Å². The summed E-state index contributed by atoms with van der Waals surface area (Å²) >= 11 is 0. The zero-order chi connectivity index (χ0) is 8.27. The van der Waals surface area contributed by atoms with Crippen LogP contribution in [-0.2, 0) is 9.47 Å². The zero-order valence-corrected chi connectivity index (χ0v) is 6.69. The topological polar surface area (TPSA) is 64.7 Å². The summed E-state index contributed by atoms with van der Waals surface area (Å²) in [5.41, 5.74) is 5.34. The quantitative estimate of drug-likeness (QED) is 0.570. The molecule has 1 unspecified atom stereocenters. The van der Waals surface area contributed by atoms with Gasteiger partial charge in [-0.15, -0.1) is 0 Å². The van der Waals surface area contributed by atoms with Gasteiger partial charge < -0.3 is 20.3 Å². The van der Waals surface area contributed by atoms with Crippen LogP contribution in [0.15, 0.2) is 0 Å². The summed E-state index contributed by atoms with van der Waals surface area (Å²) in [6.07, 6.45) is -0.192. The first kappa shape index (κ1) is 8.93. The van der Waals surface area contributed by atoms with Crippen molar-refractivity contribution in [3.63, 3.8) is 0 Å². The van der Waals surface area contributed by atoms with Crippen LogP contribution in [-0.4, -0.2) is 36.8 Å². The second-order valence-electron chi connectivity index (χ2n) is 2.72. The molecule has 1 fully saturated rings. The maximum absolute atomic E-state index is 9.31. The SMILES string of the molecule is CC1OC[C@@H](O)[C@H](CCN)O1. The molecule has 0 saturated carbocycles. The van der Waals surface area contributed by atoms with Gasteiger partial charge in [0.15, 0.2) is 6.29 Å². The molecule has 11 heavy (non-hydrogen) atoms. The average Bonchev–Trinajstić information content (AvgIpc) is 1.98. The molecule has 4 heteroatoms. The van der Waals surface area contributed by atoms with E-state index in [9.17, 15) is 5.11 Å². The molecule has 1 aliphatic heterocycles. The third-order valence-electron chi connectivity index (χ3n) is 1.75. The highest BCUT2D eigenvalue weighted by atomic mass is 16.7. The minimum atomic E-state index is -0.519. The molecule has 1 saturated heterocycles. The molecule has 3 atom stereocenters. The molecule has 0 aromatic carbocycles. The first-order chi connectivity index (χ1) is 5.24. The molecule has 3 N–H and O–H groups in total. The molecule has 4 nitrogen and oxygen atoms in total. The Balaban J connectivity index is 2.34. The van der Waals surface area contributed by atoms with Crippen molar-refractivity contribution in [2.24, 2.45) is 5.73 Å². The molecule has 66 valence electrons. The molecule has 1 heterocycles. The molecular formula is C7H15NO3. The number of aliphatic hydroxyl groups excluding tert-OH is 1. The molecule has 0 aromatic rings. The maximum atomic E-state index is 9.31. The number of aliphatic hydroxyl groups is 1. The van der Waals surface area contributed by atoms with Gasteiger partial charge in [-0.3, -0.25) is 0 Å². The minimum Gasteiger partial charge on any atom is -0.388 e. The lowest BCUT2D eigenvalue weighted by Gasteiger charge is -2.31. The van der Waals surface area contributed by atoms with Crippen LogP contribution in [0.4, 0.5) is 0 Å². The first-order valence-corrected chi connectivity index (χ1v) is 3.89. The molecule has 0 spiro atoms. The van der Waals surface area contributed by atoms with E-state index in [1.807, 2.05) is 6.92 Å². The van der Waals surface area contributed by atoms with Gasteiger partial charge in [-0.25, -0.2) is 0 Å². The lowest BCUT2D eigenvalue weighted by Crippen LogP contribution is -2.43. The predicted octanol–water partition coefficient (Wildman–Crippen LogP) is -0.542. The Kier molecular flexibility index (Phi) is 3.26. The molecule has 0 amide bonds. The van der Waals surface area contributed by atoms with E-state index in [0.29, 0.717) is 19.6 Å². The van der Waals surface area contributed by atoms with E-state index >= 15 is 0 Å². The van der Waals surface area contributed by atoms with Crippen molar-refractivity contribution in [1.29, 1.82) is 0 Å². The van der Waals surface area contributed by atoms with Gasteiger partial charge in [0.1, 0.15) is 6.10 Å². The Hall–Kier alpha value is -0.160. The molecule has 0 radical (unpaired) electrons. The van der Waals surface area contributed by atoms with Gasteiger partial charge in [-0.2, -0.15) is 0 Å². The van der Waals surface area contributed by atoms with Crippen molar-refractivity contribution >= 4 is 0 Å². The standard InChI is InChI=1S/C7H15NO3/c1-5-10-4-6(9)7(11-5)2-3-8/h5-7,9H,2-4,8H2,1H3/t5?,6-,7+/m1/s1. The van der Waals surface area contributed by atoms with Crippen LogP contribution in [0.5, 0.6) is 0 Å². The van der Waals surface area contributed by atoms with E-state index in [0.717, 1.165) is 0 Å². The highest BCUT2D eigenvalue weighted by Gasteiger charge is 2.27. The number of nitrogens with two attached hydrogens (primary N) is 1. The molecule has 1 aliphatic rings. The van der Waals surface area contributed by atoms with Crippen molar-refractivity contribution in [3.8, 4) is 0 Å². The number of rotatable bonds is 2. The van der Waals surface area contributed by atoms with E-state index in [-0.39, 0.29) is 12.4 Å².